The first-order valence-electron chi connectivity index (χ1n) is 6.01. The van der Waals surface area contributed by atoms with Gasteiger partial charge in [0.05, 0.1) is 10.7 Å². The molecule has 0 saturated carbocycles. The molecule has 0 heterocycles. The van der Waals surface area contributed by atoms with E-state index in [1.54, 1.807) is 0 Å². The number of aliphatic carboxylic acids is 1. The molecule has 21 heavy (non-hydrogen) atoms. The van der Waals surface area contributed by atoms with Gasteiger partial charge in [0.2, 0.25) is 0 Å². The standard InChI is InChI=1S/C14H15ClN2O4/c1-7(8(2)14(20)21)12(18)17-11-6-9(13(19)16-3)4-5-10(11)15/h4-6H,1-3H3,(H,16,19)(H,17,18)(H,20,21). The maximum absolute atomic E-state index is 12.0. The molecule has 0 aliphatic heterocycles. The highest BCUT2D eigenvalue weighted by atomic mass is 35.5. The number of carboxylic acid groups (broad SMARTS) is 1. The van der Waals surface area contributed by atoms with Gasteiger partial charge in [0.15, 0.2) is 0 Å². The number of carbonyl (C=O) groups excluding carboxylic acids is 2. The number of nitrogens with one attached hydrogen (secondary N) is 2. The van der Waals surface area contributed by atoms with Crippen molar-refractivity contribution in [2.75, 3.05) is 12.4 Å². The Morgan fingerprint density at radius 2 is 1.76 bits per heavy atom. The van der Waals surface area contributed by atoms with E-state index >= 15 is 0 Å². The zero-order valence-electron chi connectivity index (χ0n) is 11.8. The first-order chi connectivity index (χ1) is 9.77. The van der Waals surface area contributed by atoms with E-state index in [-0.39, 0.29) is 27.8 Å². The molecule has 0 fully saturated rings. The van der Waals surface area contributed by atoms with E-state index in [9.17, 15) is 14.4 Å². The van der Waals surface area contributed by atoms with Gasteiger partial charge in [-0.15, -0.1) is 0 Å². The average Bonchev–Trinajstić information content (AvgIpc) is 2.46. The van der Waals surface area contributed by atoms with Crippen molar-refractivity contribution in [3.05, 3.63) is 39.9 Å². The van der Waals surface area contributed by atoms with E-state index in [0.717, 1.165) is 0 Å². The van der Waals surface area contributed by atoms with Crippen LogP contribution in [-0.4, -0.2) is 29.9 Å². The fourth-order valence-corrected chi connectivity index (χ4v) is 1.62. The molecule has 1 rings (SSSR count). The second-order valence-electron chi connectivity index (χ2n) is 4.28. The summed E-state index contributed by atoms with van der Waals surface area (Å²) in [6.45, 7) is 2.73. The van der Waals surface area contributed by atoms with Crippen molar-refractivity contribution in [1.29, 1.82) is 0 Å². The van der Waals surface area contributed by atoms with Crippen molar-refractivity contribution >= 4 is 35.1 Å². The molecule has 6 nitrogen and oxygen atoms in total. The lowest BCUT2D eigenvalue weighted by atomic mass is 10.1. The normalized spacial score (nSPS) is 11.4. The zero-order valence-corrected chi connectivity index (χ0v) is 12.5. The average molecular weight is 311 g/mol. The van der Waals surface area contributed by atoms with Gasteiger partial charge in [-0.1, -0.05) is 11.6 Å². The highest BCUT2D eigenvalue weighted by Crippen LogP contribution is 2.24. The van der Waals surface area contributed by atoms with Crippen LogP contribution in [0, 0.1) is 0 Å². The molecule has 7 heteroatoms. The summed E-state index contributed by atoms with van der Waals surface area (Å²) in [5, 5.41) is 14.0. The second-order valence-corrected chi connectivity index (χ2v) is 4.69. The Morgan fingerprint density at radius 1 is 1.14 bits per heavy atom. The fraction of sp³-hybridized carbons (Fsp3) is 0.214. The lowest BCUT2D eigenvalue weighted by Gasteiger charge is -2.10. The number of carboxylic acids is 1. The molecule has 0 spiro atoms. The molecule has 0 radical (unpaired) electrons. The Balaban J connectivity index is 3.08. The van der Waals surface area contributed by atoms with Crippen molar-refractivity contribution in [1.82, 2.24) is 5.32 Å². The number of anilines is 1. The predicted molar refractivity (Wildman–Crippen MR) is 79.5 cm³/mol. The van der Waals surface area contributed by atoms with Gasteiger partial charge in [-0.2, -0.15) is 0 Å². The molecule has 3 N–H and O–H groups in total. The summed E-state index contributed by atoms with van der Waals surface area (Å²) in [5.41, 5.74) is 0.559. The Morgan fingerprint density at radius 3 is 2.29 bits per heavy atom. The van der Waals surface area contributed by atoms with Gasteiger partial charge >= 0.3 is 5.97 Å². The van der Waals surface area contributed by atoms with Crippen molar-refractivity contribution in [3.63, 3.8) is 0 Å². The van der Waals surface area contributed by atoms with Gasteiger partial charge < -0.3 is 15.7 Å². The molecule has 0 aliphatic rings. The number of halogens is 1. The van der Waals surface area contributed by atoms with Crippen LogP contribution in [-0.2, 0) is 9.59 Å². The number of benzene rings is 1. The van der Waals surface area contributed by atoms with Crippen LogP contribution in [0.4, 0.5) is 5.69 Å². The van der Waals surface area contributed by atoms with Crippen LogP contribution in [0.5, 0.6) is 0 Å². The fourth-order valence-electron chi connectivity index (χ4n) is 1.45. The van der Waals surface area contributed by atoms with Crippen LogP contribution in [0.25, 0.3) is 0 Å². The molecule has 112 valence electrons. The highest BCUT2D eigenvalue weighted by Gasteiger charge is 2.15. The summed E-state index contributed by atoms with van der Waals surface area (Å²) in [6.07, 6.45) is 0. The minimum atomic E-state index is -1.17. The highest BCUT2D eigenvalue weighted by molar-refractivity contribution is 6.34. The lowest BCUT2D eigenvalue weighted by molar-refractivity contribution is -0.133. The van der Waals surface area contributed by atoms with Crippen molar-refractivity contribution in [2.24, 2.45) is 0 Å². The summed E-state index contributed by atoms with van der Waals surface area (Å²) < 4.78 is 0. The first-order valence-corrected chi connectivity index (χ1v) is 6.39. The smallest absolute Gasteiger partial charge is 0.331 e. The molecule has 1 aromatic carbocycles. The number of hydrogen-bond acceptors (Lipinski definition) is 3. The SMILES string of the molecule is CNC(=O)c1ccc(Cl)c(NC(=O)C(C)=C(C)C(=O)O)c1. The van der Waals surface area contributed by atoms with E-state index in [1.807, 2.05) is 0 Å². The lowest BCUT2D eigenvalue weighted by Crippen LogP contribution is -2.19. The van der Waals surface area contributed by atoms with Crippen molar-refractivity contribution in [2.45, 2.75) is 13.8 Å². The summed E-state index contributed by atoms with van der Waals surface area (Å²) in [6, 6.07) is 4.41. The van der Waals surface area contributed by atoms with Gasteiger partial charge in [0.25, 0.3) is 11.8 Å². The minimum Gasteiger partial charge on any atom is -0.478 e. The molecule has 0 aliphatic carbocycles. The second kappa shape index (κ2) is 6.90. The van der Waals surface area contributed by atoms with E-state index in [1.165, 1.54) is 39.1 Å². The topological polar surface area (TPSA) is 95.5 Å². The molecular formula is C14H15ClN2O4. The monoisotopic (exact) mass is 310 g/mol. The largest absolute Gasteiger partial charge is 0.478 e. The number of hydrogen-bond donors (Lipinski definition) is 3. The van der Waals surface area contributed by atoms with Crippen LogP contribution in [0.15, 0.2) is 29.3 Å². The van der Waals surface area contributed by atoms with Crippen molar-refractivity contribution < 1.29 is 19.5 Å². The Bertz CT molecular complexity index is 638. The van der Waals surface area contributed by atoms with Crippen molar-refractivity contribution in [3.8, 4) is 0 Å². The molecule has 0 atom stereocenters. The summed E-state index contributed by atoms with van der Waals surface area (Å²) >= 11 is 5.96. The Kier molecular flexibility index (Phi) is 5.49. The van der Waals surface area contributed by atoms with E-state index in [2.05, 4.69) is 10.6 Å². The minimum absolute atomic E-state index is 0.0592. The maximum Gasteiger partial charge on any atom is 0.331 e. The Labute approximate surface area is 126 Å². The number of amides is 2. The molecule has 2 amide bonds. The third-order valence-electron chi connectivity index (χ3n) is 2.93. The molecular weight excluding hydrogens is 296 g/mol. The Hall–Kier alpha value is -2.34. The maximum atomic E-state index is 12.0. The summed E-state index contributed by atoms with van der Waals surface area (Å²) in [7, 11) is 1.48. The van der Waals surface area contributed by atoms with Crippen LogP contribution in [0.3, 0.4) is 0 Å². The predicted octanol–water partition coefficient (Wildman–Crippen LogP) is 2.06. The van der Waals surface area contributed by atoms with Gasteiger partial charge in [0.1, 0.15) is 0 Å². The summed E-state index contributed by atoms with van der Waals surface area (Å²) in [5.74, 6) is -2.09. The summed E-state index contributed by atoms with van der Waals surface area (Å²) in [4.78, 5) is 34.3. The molecule has 0 unspecified atom stereocenters. The number of rotatable bonds is 4. The third kappa shape index (κ3) is 4.06. The van der Waals surface area contributed by atoms with E-state index in [4.69, 9.17) is 16.7 Å². The van der Waals surface area contributed by atoms with E-state index in [0.29, 0.717) is 5.56 Å². The van der Waals surface area contributed by atoms with Gasteiger partial charge in [0, 0.05) is 23.8 Å². The van der Waals surface area contributed by atoms with Gasteiger partial charge in [-0.05, 0) is 32.0 Å². The molecule has 0 aromatic heterocycles. The van der Waals surface area contributed by atoms with Crippen LogP contribution in [0.2, 0.25) is 5.02 Å². The van der Waals surface area contributed by atoms with Crippen LogP contribution < -0.4 is 10.6 Å². The number of carbonyl (C=O) groups is 3. The van der Waals surface area contributed by atoms with Crippen LogP contribution >= 0.6 is 11.6 Å². The third-order valence-corrected chi connectivity index (χ3v) is 3.26. The van der Waals surface area contributed by atoms with Crippen LogP contribution in [0.1, 0.15) is 24.2 Å². The molecule has 0 bridgehead atoms. The van der Waals surface area contributed by atoms with E-state index < -0.39 is 11.9 Å². The zero-order chi connectivity index (χ0) is 16.2. The first kappa shape index (κ1) is 16.7. The van der Waals surface area contributed by atoms with Gasteiger partial charge in [-0.3, -0.25) is 9.59 Å². The molecule has 0 saturated heterocycles. The quantitative estimate of drug-likeness (QED) is 0.742. The molecule has 1 aromatic rings. The van der Waals surface area contributed by atoms with Gasteiger partial charge in [-0.25, -0.2) is 4.79 Å².